The molecule has 0 aliphatic heterocycles. The van der Waals surface area contributed by atoms with Crippen molar-refractivity contribution >= 4 is 17.6 Å². The maximum Gasteiger partial charge on any atom is 0.360 e. The summed E-state index contributed by atoms with van der Waals surface area (Å²) in [5.41, 5.74) is 0.588. The minimum Gasteiger partial charge on any atom is -0.464 e. The first kappa shape index (κ1) is 21.1. The van der Waals surface area contributed by atoms with Gasteiger partial charge in [0.1, 0.15) is 6.26 Å². The van der Waals surface area contributed by atoms with E-state index < -0.39 is 10.9 Å². The van der Waals surface area contributed by atoms with Crippen molar-refractivity contribution in [1.29, 1.82) is 0 Å². The van der Waals surface area contributed by atoms with Crippen LogP contribution in [-0.2, 0) is 11.3 Å². The maximum absolute atomic E-state index is 13.0. The lowest BCUT2D eigenvalue weighted by Gasteiger charge is -2.22. The van der Waals surface area contributed by atoms with Crippen molar-refractivity contribution in [2.24, 2.45) is 5.92 Å². The fraction of sp³-hybridized carbons (Fsp3) is 0.421. The highest BCUT2D eigenvalue weighted by Crippen LogP contribution is 2.21. The van der Waals surface area contributed by atoms with Crippen LogP contribution in [-0.4, -0.2) is 40.3 Å². The monoisotopic (exact) mass is 389 g/mol. The van der Waals surface area contributed by atoms with Crippen molar-refractivity contribution in [2.45, 2.75) is 33.7 Å². The molecule has 0 atom stereocenters. The summed E-state index contributed by atoms with van der Waals surface area (Å²) in [7, 11) is 1.24. The Kier molecular flexibility index (Phi) is 6.86. The zero-order chi connectivity index (χ0) is 20.8. The number of benzene rings is 1. The number of oxazole rings is 1. The molecule has 9 nitrogen and oxygen atoms in total. The average Bonchev–Trinajstić information content (AvgIpc) is 3.12. The summed E-state index contributed by atoms with van der Waals surface area (Å²) >= 11 is 0. The van der Waals surface area contributed by atoms with E-state index in [2.05, 4.69) is 9.72 Å². The Morgan fingerprint density at radius 2 is 2.07 bits per heavy atom. The van der Waals surface area contributed by atoms with Gasteiger partial charge in [-0.25, -0.2) is 9.78 Å². The lowest BCUT2D eigenvalue weighted by atomic mass is 10.1. The number of carbonyl (C=O) groups excluding carboxylic acids is 2. The highest BCUT2D eigenvalue weighted by atomic mass is 16.6. The number of aromatic nitrogens is 1. The number of ether oxygens (including phenoxy) is 1. The predicted molar refractivity (Wildman–Crippen MR) is 99.9 cm³/mol. The molecule has 0 fully saturated rings. The Hall–Kier alpha value is -3.23. The van der Waals surface area contributed by atoms with E-state index in [4.69, 9.17) is 4.42 Å². The Labute approximate surface area is 162 Å². The van der Waals surface area contributed by atoms with Crippen molar-refractivity contribution in [3.63, 3.8) is 0 Å². The molecule has 0 aliphatic carbocycles. The summed E-state index contributed by atoms with van der Waals surface area (Å²) < 4.78 is 9.87. The van der Waals surface area contributed by atoms with E-state index in [0.29, 0.717) is 18.0 Å². The third kappa shape index (κ3) is 5.15. The molecule has 0 spiro atoms. The van der Waals surface area contributed by atoms with Crippen LogP contribution in [0.2, 0.25) is 0 Å². The Bertz CT molecular complexity index is 874. The first-order chi connectivity index (χ1) is 13.2. The van der Waals surface area contributed by atoms with Gasteiger partial charge in [0.25, 0.3) is 11.6 Å². The minimum atomic E-state index is -0.635. The third-order valence-corrected chi connectivity index (χ3v) is 4.19. The second-order valence-corrected chi connectivity index (χ2v) is 6.79. The molecule has 1 aromatic heterocycles. The SMILES string of the molecule is COC(=O)c1coc(CN(CCC(C)C)C(=O)c2ccc(C)c([N+](=O)[O-])c2)n1. The summed E-state index contributed by atoms with van der Waals surface area (Å²) in [6.07, 6.45) is 1.90. The number of nitro groups is 1. The van der Waals surface area contributed by atoms with E-state index in [0.717, 1.165) is 6.42 Å². The molecule has 0 N–H and O–H groups in total. The number of rotatable bonds is 8. The average molecular weight is 389 g/mol. The van der Waals surface area contributed by atoms with Crippen LogP contribution >= 0.6 is 0 Å². The third-order valence-electron chi connectivity index (χ3n) is 4.19. The molecule has 2 rings (SSSR count). The fourth-order valence-corrected chi connectivity index (χ4v) is 2.53. The smallest absolute Gasteiger partial charge is 0.360 e. The van der Waals surface area contributed by atoms with Crippen LogP contribution in [0.15, 0.2) is 28.9 Å². The van der Waals surface area contributed by atoms with E-state index in [9.17, 15) is 19.7 Å². The molecule has 0 radical (unpaired) electrons. The number of amides is 1. The molecule has 28 heavy (non-hydrogen) atoms. The number of nitrogens with zero attached hydrogens (tertiary/aromatic N) is 3. The van der Waals surface area contributed by atoms with Gasteiger partial charge >= 0.3 is 5.97 Å². The van der Waals surface area contributed by atoms with Gasteiger partial charge in [-0.3, -0.25) is 14.9 Å². The molecule has 0 aliphatic rings. The quantitative estimate of drug-likeness (QED) is 0.386. The number of methoxy groups -OCH3 is 1. The van der Waals surface area contributed by atoms with E-state index in [1.165, 1.54) is 24.3 Å². The van der Waals surface area contributed by atoms with Gasteiger partial charge in [0.05, 0.1) is 18.6 Å². The van der Waals surface area contributed by atoms with Crippen molar-refractivity contribution in [2.75, 3.05) is 13.7 Å². The first-order valence-corrected chi connectivity index (χ1v) is 8.80. The summed E-state index contributed by atoms with van der Waals surface area (Å²) in [4.78, 5) is 40.7. The van der Waals surface area contributed by atoms with E-state index in [1.54, 1.807) is 19.1 Å². The molecule has 1 aromatic carbocycles. The van der Waals surface area contributed by atoms with Crippen LogP contribution < -0.4 is 0 Å². The van der Waals surface area contributed by atoms with Crippen LogP contribution in [0.1, 0.15) is 52.6 Å². The second-order valence-electron chi connectivity index (χ2n) is 6.79. The lowest BCUT2D eigenvalue weighted by molar-refractivity contribution is -0.385. The second kappa shape index (κ2) is 9.12. The molecule has 0 bridgehead atoms. The van der Waals surface area contributed by atoms with Gasteiger partial charge in [0.2, 0.25) is 5.89 Å². The van der Waals surface area contributed by atoms with Crippen molar-refractivity contribution in [3.05, 3.63) is 57.3 Å². The van der Waals surface area contributed by atoms with Crippen molar-refractivity contribution in [1.82, 2.24) is 9.88 Å². The standard InChI is InChI=1S/C19H23N3O6/c1-12(2)7-8-21(10-17-20-15(11-28-17)19(24)27-4)18(23)14-6-5-13(3)16(9-14)22(25)26/h5-6,9,11-12H,7-8,10H2,1-4H3. The topological polar surface area (TPSA) is 116 Å². The Balaban J connectivity index is 2.28. The first-order valence-electron chi connectivity index (χ1n) is 8.80. The number of aryl methyl sites for hydroxylation is 1. The zero-order valence-electron chi connectivity index (χ0n) is 16.3. The molecule has 0 saturated carbocycles. The summed E-state index contributed by atoms with van der Waals surface area (Å²) in [5.74, 6) is -0.484. The van der Waals surface area contributed by atoms with Crippen LogP contribution in [0.5, 0.6) is 0 Å². The van der Waals surface area contributed by atoms with Gasteiger partial charge in [-0.15, -0.1) is 0 Å². The zero-order valence-corrected chi connectivity index (χ0v) is 16.3. The normalized spacial score (nSPS) is 10.8. The summed E-state index contributed by atoms with van der Waals surface area (Å²) in [5, 5.41) is 11.2. The van der Waals surface area contributed by atoms with Crippen molar-refractivity contribution in [3.8, 4) is 0 Å². The molecule has 1 amide bonds. The Morgan fingerprint density at radius 3 is 2.68 bits per heavy atom. The van der Waals surface area contributed by atoms with Gasteiger partial charge in [-0.05, 0) is 25.3 Å². The van der Waals surface area contributed by atoms with Crippen LogP contribution in [0, 0.1) is 23.0 Å². The molecule has 150 valence electrons. The molecule has 9 heteroatoms. The number of hydrogen-bond donors (Lipinski definition) is 0. The molecule has 2 aromatic rings. The highest BCUT2D eigenvalue weighted by molar-refractivity contribution is 5.95. The largest absolute Gasteiger partial charge is 0.464 e. The number of nitro benzene ring substituents is 1. The number of esters is 1. The Morgan fingerprint density at radius 1 is 1.36 bits per heavy atom. The van der Waals surface area contributed by atoms with E-state index >= 15 is 0 Å². The molecule has 0 unspecified atom stereocenters. The number of carbonyl (C=O) groups is 2. The van der Waals surface area contributed by atoms with Crippen LogP contribution in [0.25, 0.3) is 0 Å². The molecule has 0 saturated heterocycles. The van der Waals surface area contributed by atoms with E-state index in [1.807, 2.05) is 13.8 Å². The van der Waals surface area contributed by atoms with Crippen molar-refractivity contribution < 1.29 is 23.7 Å². The highest BCUT2D eigenvalue weighted by Gasteiger charge is 2.22. The van der Waals surface area contributed by atoms with Gasteiger partial charge < -0.3 is 14.1 Å². The molecular formula is C19H23N3O6. The van der Waals surface area contributed by atoms with Gasteiger partial charge in [0, 0.05) is 23.7 Å². The number of hydrogen-bond acceptors (Lipinski definition) is 7. The molecular weight excluding hydrogens is 366 g/mol. The van der Waals surface area contributed by atoms with Gasteiger partial charge in [-0.1, -0.05) is 19.9 Å². The van der Waals surface area contributed by atoms with Crippen LogP contribution in [0.3, 0.4) is 0 Å². The van der Waals surface area contributed by atoms with Crippen LogP contribution in [0.4, 0.5) is 5.69 Å². The van der Waals surface area contributed by atoms with E-state index in [-0.39, 0.29) is 35.3 Å². The lowest BCUT2D eigenvalue weighted by Crippen LogP contribution is -2.32. The molecule has 1 heterocycles. The summed E-state index contributed by atoms with van der Waals surface area (Å²) in [6.45, 7) is 6.11. The van der Waals surface area contributed by atoms with Gasteiger partial charge in [-0.2, -0.15) is 0 Å². The predicted octanol–water partition coefficient (Wildman–Crippen LogP) is 3.37. The fourth-order valence-electron chi connectivity index (χ4n) is 2.53. The minimum absolute atomic E-state index is 0.0136. The summed E-state index contributed by atoms with van der Waals surface area (Å²) in [6, 6.07) is 4.38. The van der Waals surface area contributed by atoms with Gasteiger partial charge in [0.15, 0.2) is 5.69 Å². The maximum atomic E-state index is 13.0.